The van der Waals surface area contributed by atoms with Gasteiger partial charge in [0.1, 0.15) is 29.3 Å². The molecule has 3 aromatic rings. The van der Waals surface area contributed by atoms with Gasteiger partial charge in [0.2, 0.25) is 23.2 Å². The molecule has 0 bridgehead atoms. The molecule has 2 aromatic carbocycles. The van der Waals surface area contributed by atoms with Crippen LogP contribution in [-0.4, -0.2) is 86.6 Å². The summed E-state index contributed by atoms with van der Waals surface area (Å²) in [5, 5.41) is 69.8. The molecule has 2 heterocycles. The van der Waals surface area contributed by atoms with Crippen molar-refractivity contribution >= 4 is 16.9 Å². The zero-order chi connectivity index (χ0) is 27.2. The minimum atomic E-state index is -2.04. The Morgan fingerprint density at radius 3 is 2.22 bits per heavy atom. The van der Waals surface area contributed by atoms with Crippen molar-refractivity contribution in [2.75, 3.05) is 14.2 Å². The second-order valence-electron chi connectivity index (χ2n) is 7.98. The summed E-state index contributed by atoms with van der Waals surface area (Å²) in [4.78, 5) is 25.0. The first-order valence-electron chi connectivity index (χ1n) is 10.6. The molecule has 0 amide bonds. The summed E-state index contributed by atoms with van der Waals surface area (Å²) in [7, 11) is 2.46. The van der Waals surface area contributed by atoms with Gasteiger partial charge in [0.15, 0.2) is 34.9 Å². The van der Waals surface area contributed by atoms with Crippen LogP contribution in [0.1, 0.15) is 0 Å². The summed E-state index contributed by atoms with van der Waals surface area (Å²) in [5.41, 5.74) is -1.28. The maximum absolute atomic E-state index is 13.5. The summed E-state index contributed by atoms with van der Waals surface area (Å²) in [6.45, 7) is 0. The minimum Gasteiger partial charge on any atom is -0.504 e. The van der Waals surface area contributed by atoms with Gasteiger partial charge < -0.3 is 59.1 Å². The fraction of sp³-hybridized carbons (Fsp3) is 0.304. The number of carbonyl (C=O) groups is 1. The number of phenolic OH excluding ortho intramolecular Hbond substituents is 3. The third-order valence-corrected chi connectivity index (χ3v) is 5.76. The van der Waals surface area contributed by atoms with Gasteiger partial charge in [-0.05, 0) is 18.2 Å². The van der Waals surface area contributed by atoms with Crippen LogP contribution in [-0.2, 0) is 9.53 Å². The number of fused-ring (bicyclic) bond motifs is 1. The normalized spacial score (nSPS) is 23.5. The zero-order valence-electron chi connectivity index (χ0n) is 19.2. The topological polar surface area (TPSA) is 226 Å². The van der Waals surface area contributed by atoms with Crippen LogP contribution in [0, 0.1) is 0 Å². The number of benzene rings is 2. The van der Waals surface area contributed by atoms with E-state index in [1.54, 1.807) is 0 Å². The number of aromatic hydroxyl groups is 3. The zero-order valence-corrected chi connectivity index (χ0v) is 19.2. The molecule has 198 valence electrons. The quantitative estimate of drug-likeness (QED) is 0.209. The summed E-state index contributed by atoms with van der Waals surface area (Å²) in [5.74, 6) is -5.01. The Labute approximate surface area is 206 Å². The van der Waals surface area contributed by atoms with Gasteiger partial charge >= 0.3 is 5.97 Å². The van der Waals surface area contributed by atoms with E-state index >= 15 is 0 Å². The molecule has 1 aliphatic rings. The summed E-state index contributed by atoms with van der Waals surface area (Å²) >= 11 is 0. The number of ether oxygens (including phenoxy) is 4. The fourth-order valence-electron chi connectivity index (χ4n) is 3.82. The van der Waals surface area contributed by atoms with Crippen molar-refractivity contribution in [2.24, 2.45) is 0 Å². The lowest BCUT2D eigenvalue weighted by Crippen LogP contribution is -2.61. The molecule has 14 heteroatoms. The van der Waals surface area contributed by atoms with Crippen molar-refractivity contribution in [1.82, 2.24) is 0 Å². The van der Waals surface area contributed by atoms with Crippen LogP contribution in [0.4, 0.5) is 0 Å². The van der Waals surface area contributed by atoms with Gasteiger partial charge in [0.05, 0.1) is 14.2 Å². The predicted octanol–water partition coefficient (Wildman–Crippen LogP) is -0.135. The largest absolute Gasteiger partial charge is 0.504 e. The number of aliphatic hydroxyl groups is 3. The molecule has 1 aromatic heterocycles. The van der Waals surface area contributed by atoms with Crippen LogP contribution in [0.3, 0.4) is 0 Å². The third-order valence-electron chi connectivity index (χ3n) is 5.76. The first-order valence-corrected chi connectivity index (χ1v) is 10.6. The molecular weight excluding hydrogens is 500 g/mol. The molecule has 0 radical (unpaired) electrons. The lowest BCUT2D eigenvalue weighted by Gasteiger charge is -2.38. The Balaban J connectivity index is 1.96. The molecule has 1 fully saturated rings. The van der Waals surface area contributed by atoms with Crippen molar-refractivity contribution < 1.29 is 63.9 Å². The third kappa shape index (κ3) is 4.31. The lowest BCUT2D eigenvalue weighted by molar-refractivity contribution is -0.271. The van der Waals surface area contributed by atoms with Crippen molar-refractivity contribution in [2.45, 2.75) is 30.7 Å². The highest BCUT2D eigenvalue weighted by Crippen LogP contribution is 2.44. The van der Waals surface area contributed by atoms with Gasteiger partial charge in [-0.1, -0.05) is 0 Å². The van der Waals surface area contributed by atoms with Gasteiger partial charge in [-0.25, -0.2) is 4.79 Å². The van der Waals surface area contributed by atoms with Crippen LogP contribution < -0.4 is 19.6 Å². The second-order valence-corrected chi connectivity index (χ2v) is 7.98. The molecule has 1 saturated heterocycles. The number of methoxy groups -OCH3 is 2. The first-order chi connectivity index (χ1) is 17.5. The van der Waals surface area contributed by atoms with Gasteiger partial charge in [0.25, 0.3) is 0 Å². The molecule has 0 spiro atoms. The van der Waals surface area contributed by atoms with E-state index in [4.69, 9.17) is 23.4 Å². The van der Waals surface area contributed by atoms with E-state index in [2.05, 4.69) is 0 Å². The van der Waals surface area contributed by atoms with E-state index < -0.39 is 64.7 Å². The lowest BCUT2D eigenvalue weighted by atomic mass is 9.99. The molecule has 0 unspecified atom stereocenters. The molecule has 7 N–H and O–H groups in total. The van der Waals surface area contributed by atoms with Crippen LogP contribution in [0.5, 0.6) is 34.5 Å². The van der Waals surface area contributed by atoms with Crippen molar-refractivity contribution in [3.63, 3.8) is 0 Å². The average Bonchev–Trinajstić information content (AvgIpc) is 2.87. The van der Waals surface area contributed by atoms with Gasteiger partial charge in [-0.2, -0.15) is 0 Å². The number of hydrogen-bond acceptors (Lipinski definition) is 13. The van der Waals surface area contributed by atoms with E-state index in [0.717, 1.165) is 6.07 Å². The van der Waals surface area contributed by atoms with E-state index in [-0.39, 0.29) is 34.2 Å². The van der Waals surface area contributed by atoms with E-state index in [0.29, 0.717) is 0 Å². The van der Waals surface area contributed by atoms with Crippen molar-refractivity contribution in [3.8, 4) is 45.8 Å². The summed E-state index contributed by atoms with van der Waals surface area (Å²) in [6, 6.07) is 4.90. The molecule has 0 saturated carbocycles. The molecule has 14 nitrogen and oxygen atoms in total. The molecule has 4 rings (SSSR count). The number of rotatable bonds is 6. The highest BCUT2D eigenvalue weighted by Gasteiger charge is 2.48. The Morgan fingerprint density at radius 1 is 0.919 bits per heavy atom. The fourth-order valence-corrected chi connectivity index (χ4v) is 3.82. The van der Waals surface area contributed by atoms with E-state index in [1.165, 1.54) is 32.4 Å². The number of phenols is 3. The standard InChI is InChI=1S/C23H22O14/c1-33-9-5-7(3-4-8(9)24)19-20(36-23-18(30)16(28)17(29)21(37-23)22(31)32)15(27)12-10(35-19)6-11(34-2)13(25)14(12)26/h3-6,16-18,21,23-26,28-30H,1-2H3,(H,31,32)/t16-,17-,18+,21-,23+/m0/s1. The molecule has 0 aliphatic carbocycles. The average molecular weight is 522 g/mol. The molecule has 5 atom stereocenters. The monoisotopic (exact) mass is 522 g/mol. The second kappa shape index (κ2) is 9.67. The number of carboxylic acid groups (broad SMARTS) is 1. The Morgan fingerprint density at radius 2 is 1.59 bits per heavy atom. The first kappa shape index (κ1) is 25.8. The smallest absolute Gasteiger partial charge is 0.335 e. The Bertz CT molecular complexity index is 1410. The van der Waals surface area contributed by atoms with Crippen LogP contribution in [0.2, 0.25) is 0 Å². The minimum absolute atomic E-state index is 0.0317. The Kier molecular flexibility index (Phi) is 6.75. The number of aliphatic hydroxyl groups excluding tert-OH is 3. The van der Waals surface area contributed by atoms with Crippen molar-refractivity contribution in [3.05, 3.63) is 34.5 Å². The maximum Gasteiger partial charge on any atom is 0.335 e. The van der Waals surface area contributed by atoms with E-state index in [9.17, 15) is 45.3 Å². The van der Waals surface area contributed by atoms with Crippen molar-refractivity contribution in [1.29, 1.82) is 0 Å². The van der Waals surface area contributed by atoms with E-state index in [1.807, 2.05) is 0 Å². The molecule has 1 aliphatic heterocycles. The molecular formula is C23H22O14. The van der Waals surface area contributed by atoms with Crippen LogP contribution in [0.15, 0.2) is 33.5 Å². The maximum atomic E-state index is 13.5. The summed E-state index contributed by atoms with van der Waals surface area (Å²) in [6.07, 6.45) is -10.1. The SMILES string of the molecule is COc1cc(-c2oc3cc(OC)c(O)c(O)c3c(=O)c2O[C@@H]2O[C@H](C(=O)O)[C@@H](O)[C@H](O)[C@H]2O)ccc1O. The number of hydrogen-bond donors (Lipinski definition) is 7. The number of carboxylic acids is 1. The molecule has 37 heavy (non-hydrogen) atoms. The van der Waals surface area contributed by atoms with Crippen LogP contribution in [0.25, 0.3) is 22.3 Å². The number of aliphatic carboxylic acids is 1. The Hall–Kier alpha value is -4.24. The van der Waals surface area contributed by atoms with Gasteiger partial charge in [-0.3, -0.25) is 4.79 Å². The highest BCUT2D eigenvalue weighted by molar-refractivity contribution is 5.91. The van der Waals surface area contributed by atoms with Gasteiger partial charge in [0, 0.05) is 11.6 Å². The predicted molar refractivity (Wildman–Crippen MR) is 121 cm³/mol. The highest BCUT2D eigenvalue weighted by atomic mass is 16.7. The summed E-state index contributed by atoms with van der Waals surface area (Å²) < 4.78 is 26.5. The van der Waals surface area contributed by atoms with Crippen LogP contribution >= 0.6 is 0 Å². The van der Waals surface area contributed by atoms with Gasteiger partial charge in [-0.15, -0.1) is 0 Å².